The highest BCUT2D eigenvalue weighted by Gasteiger charge is 2.21. The highest BCUT2D eigenvalue weighted by atomic mass is 32.2. The molecule has 0 aliphatic heterocycles. The van der Waals surface area contributed by atoms with E-state index in [1.807, 2.05) is 36.4 Å². The van der Waals surface area contributed by atoms with Crippen LogP contribution in [0.15, 0.2) is 70.5 Å². The number of hydrogen-bond acceptors (Lipinski definition) is 4. The topological polar surface area (TPSA) is 39.1 Å². The number of hydrogen-bond donors (Lipinski definition) is 0. The van der Waals surface area contributed by atoms with E-state index in [9.17, 15) is 8.42 Å². The Hall–Kier alpha value is -2.06. The maximum atomic E-state index is 12.4. The van der Waals surface area contributed by atoms with Crippen molar-refractivity contribution in [3.05, 3.63) is 60.7 Å². The van der Waals surface area contributed by atoms with Crippen LogP contribution in [0.1, 0.15) is 32.6 Å². The van der Waals surface area contributed by atoms with Gasteiger partial charge in [-0.3, -0.25) is 8.42 Å². The van der Waals surface area contributed by atoms with E-state index in [1.54, 1.807) is 35.2 Å². The molecule has 2 atom stereocenters. The third-order valence-electron chi connectivity index (χ3n) is 6.37. The molecule has 3 nitrogen and oxygen atoms in total. The fourth-order valence-electron chi connectivity index (χ4n) is 4.66. The van der Waals surface area contributed by atoms with Gasteiger partial charge in [-0.2, -0.15) is 0 Å². The van der Waals surface area contributed by atoms with Crippen molar-refractivity contribution in [2.24, 2.45) is 0 Å². The monoisotopic (exact) mass is 539 g/mol. The maximum Gasteiger partial charge on any atom is 0.0707 e. The fourth-order valence-corrected chi connectivity index (χ4v) is 8.86. The Bertz CT molecular complexity index is 1450. The van der Waals surface area contributed by atoms with Gasteiger partial charge >= 0.3 is 0 Å². The van der Waals surface area contributed by atoms with Crippen LogP contribution in [0, 0.1) is 0 Å². The van der Waals surface area contributed by atoms with Gasteiger partial charge in [-0.1, -0.05) is 62.6 Å². The summed E-state index contributed by atoms with van der Waals surface area (Å²) in [6, 6.07) is 20.6. The van der Waals surface area contributed by atoms with Crippen LogP contribution in [0.4, 0.5) is 0 Å². The normalized spacial score (nSPS) is 13.6. The molecular weight excluding hydrogens is 511 g/mol. The lowest BCUT2D eigenvalue weighted by atomic mass is 10.2. The number of unbranched alkanes of at least 4 members (excludes halogenated alkanes) is 3. The Morgan fingerprint density at radius 3 is 1.66 bits per heavy atom. The summed E-state index contributed by atoms with van der Waals surface area (Å²) < 4.78 is 29.9. The first-order chi connectivity index (χ1) is 17.0. The minimum atomic E-state index is -1.04. The second kappa shape index (κ2) is 10.5. The molecule has 5 rings (SSSR count). The van der Waals surface area contributed by atoms with Gasteiger partial charge in [0.25, 0.3) is 0 Å². The predicted octanol–water partition coefficient (Wildman–Crippen LogP) is 8.31. The molecule has 0 bridgehead atoms. The largest absolute Gasteiger partial charge is 0.339 e. The van der Waals surface area contributed by atoms with Crippen LogP contribution in [-0.2, 0) is 28.1 Å². The molecule has 2 unspecified atom stereocenters. The zero-order chi connectivity index (χ0) is 24.5. The van der Waals surface area contributed by atoms with Gasteiger partial charge in [0.15, 0.2) is 0 Å². The van der Waals surface area contributed by atoms with Crippen molar-refractivity contribution >= 4 is 64.7 Å². The number of thiophene rings is 2. The minimum absolute atomic E-state index is 0.883. The van der Waals surface area contributed by atoms with Crippen molar-refractivity contribution in [3.63, 3.8) is 0 Å². The Labute approximate surface area is 219 Å². The molecule has 2 aromatic carbocycles. The van der Waals surface area contributed by atoms with Crippen LogP contribution in [0.25, 0.3) is 41.3 Å². The lowest BCUT2D eigenvalue weighted by Gasteiger charge is -2.07. The number of rotatable bonds is 9. The minimum Gasteiger partial charge on any atom is -0.339 e. The molecular formula is C28H29NO2S4. The van der Waals surface area contributed by atoms with Gasteiger partial charge in [0, 0.05) is 49.7 Å². The van der Waals surface area contributed by atoms with Gasteiger partial charge in [-0.05, 0) is 30.7 Å². The maximum absolute atomic E-state index is 12.4. The summed E-state index contributed by atoms with van der Waals surface area (Å²) in [5.41, 5.74) is 4.64. The van der Waals surface area contributed by atoms with Crippen molar-refractivity contribution < 1.29 is 8.42 Å². The van der Waals surface area contributed by atoms with Crippen molar-refractivity contribution in [2.75, 3.05) is 12.5 Å². The number of nitrogens with zero attached hydrogens (tertiary/aromatic N) is 1. The standard InChI is InChI=1S/C28H29NO2S4/c1-4-5-6-11-16-29-21-17-23(19-12-7-9-14-25(19)34(2)30)32-27(21)28-22(29)18-24(33-28)20-13-8-10-15-26(20)35(3)31/h7-10,12-15,17-18H,4-6,11,16H2,1-3H3. The Kier molecular flexibility index (Phi) is 7.39. The molecule has 0 spiro atoms. The number of aryl methyl sites for hydroxylation is 1. The molecule has 0 aliphatic rings. The zero-order valence-electron chi connectivity index (χ0n) is 20.2. The first kappa shape index (κ1) is 24.6. The summed E-state index contributed by atoms with van der Waals surface area (Å²) in [6.07, 6.45) is 8.34. The van der Waals surface area contributed by atoms with E-state index < -0.39 is 21.6 Å². The molecule has 35 heavy (non-hydrogen) atoms. The van der Waals surface area contributed by atoms with Gasteiger partial charge in [0.1, 0.15) is 0 Å². The van der Waals surface area contributed by atoms with Gasteiger partial charge in [-0.15, -0.1) is 22.7 Å². The summed E-state index contributed by atoms with van der Waals surface area (Å²) in [4.78, 5) is 4.09. The molecule has 3 heterocycles. The van der Waals surface area contributed by atoms with E-state index in [2.05, 4.69) is 35.8 Å². The SMILES string of the molecule is CCCCCCn1c2cc(-c3ccccc3S(C)=O)sc2c2sc(-c3ccccc3S(C)=O)cc21. The first-order valence-electron chi connectivity index (χ1n) is 11.9. The van der Waals surface area contributed by atoms with Gasteiger partial charge in [-0.25, -0.2) is 0 Å². The molecule has 0 amide bonds. The van der Waals surface area contributed by atoms with Crippen molar-refractivity contribution in [3.8, 4) is 20.9 Å². The molecule has 7 heteroatoms. The number of benzene rings is 2. The van der Waals surface area contributed by atoms with Crippen molar-refractivity contribution in [2.45, 2.75) is 48.9 Å². The van der Waals surface area contributed by atoms with Gasteiger partial charge < -0.3 is 4.57 Å². The smallest absolute Gasteiger partial charge is 0.0707 e. The van der Waals surface area contributed by atoms with Crippen LogP contribution in [0.3, 0.4) is 0 Å². The van der Waals surface area contributed by atoms with Crippen molar-refractivity contribution in [1.82, 2.24) is 4.57 Å². The van der Waals surface area contributed by atoms with Crippen LogP contribution in [-0.4, -0.2) is 25.5 Å². The lowest BCUT2D eigenvalue weighted by molar-refractivity contribution is 0.602. The molecule has 0 radical (unpaired) electrons. The average Bonchev–Trinajstić information content (AvgIpc) is 3.54. The van der Waals surface area contributed by atoms with E-state index in [4.69, 9.17) is 0 Å². The second-order valence-electron chi connectivity index (χ2n) is 8.76. The summed E-state index contributed by atoms with van der Waals surface area (Å²) in [5.74, 6) is 0. The summed E-state index contributed by atoms with van der Waals surface area (Å²) >= 11 is 3.58. The van der Waals surface area contributed by atoms with Crippen LogP contribution < -0.4 is 0 Å². The van der Waals surface area contributed by atoms with E-state index in [1.165, 1.54) is 39.7 Å². The fraction of sp³-hybridized carbons (Fsp3) is 0.286. The van der Waals surface area contributed by atoms with Crippen molar-refractivity contribution in [1.29, 1.82) is 0 Å². The van der Waals surface area contributed by atoms with Gasteiger partial charge in [0.2, 0.25) is 0 Å². The Morgan fingerprint density at radius 1 is 0.714 bits per heavy atom. The van der Waals surface area contributed by atoms with E-state index in [-0.39, 0.29) is 0 Å². The predicted molar refractivity (Wildman–Crippen MR) is 155 cm³/mol. The van der Waals surface area contributed by atoms with E-state index in [0.717, 1.165) is 43.6 Å². The highest BCUT2D eigenvalue weighted by molar-refractivity contribution is 7.84. The molecule has 0 saturated carbocycles. The molecule has 0 aliphatic carbocycles. The summed E-state index contributed by atoms with van der Waals surface area (Å²) in [7, 11) is -2.09. The third kappa shape index (κ3) is 4.71. The number of fused-ring (bicyclic) bond motifs is 3. The molecule has 5 aromatic rings. The van der Waals surface area contributed by atoms with Crippen LogP contribution >= 0.6 is 22.7 Å². The summed E-state index contributed by atoms with van der Waals surface area (Å²) in [6.45, 7) is 3.22. The average molecular weight is 540 g/mol. The van der Waals surface area contributed by atoms with Crippen LogP contribution in [0.5, 0.6) is 0 Å². The highest BCUT2D eigenvalue weighted by Crippen LogP contribution is 2.46. The molecule has 0 N–H and O–H groups in total. The molecule has 0 saturated heterocycles. The quantitative estimate of drug-likeness (QED) is 0.177. The zero-order valence-corrected chi connectivity index (χ0v) is 23.5. The molecule has 0 fully saturated rings. The number of aromatic nitrogens is 1. The summed E-state index contributed by atoms with van der Waals surface area (Å²) in [5, 5.41) is 0. The van der Waals surface area contributed by atoms with E-state index >= 15 is 0 Å². The Morgan fingerprint density at radius 2 is 1.20 bits per heavy atom. The van der Waals surface area contributed by atoms with E-state index in [0.29, 0.717) is 0 Å². The third-order valence-corrected chi connectivity index (χ3v) is 10.8. The Balaban J connectivity index is 1.69. The van der Waals surface area contributed by atoms with Crippen LogP contribution in [0.2, 0.25) is 0 Å². The molecule has 3 aromatic heterocycles. The molecule has 182 valence electrons. The van der Waals surface area contributed by atoms with Gasteiger partial charge in [0.05, 0.1) is 42.0 Å². The first-order valence-corrected chi connectivity index (χ1v) is 16.7. The second-order valence-corrected chi connectivity index (χ2v) is 13.6. The lowest BCUT2D eigenvalue weighted by Crippen LogP contribution is -1.97.